The van der Waals surface area contributed by atoms with Crippen LogP contribution in [0.4, 0.5) is 0 Å². The lowest BCUT2D eigenvalue weighted by molar-refractivity contribution is 0.659. The number of halogens is 4. The molecule has 2 aliphatic carbocycles. The molecule has 0 unspecified atom stereocenters. The zero-order chi connectivity index (χ0) is 27.3. The van der Waals surface area contributed by atoms with Crippen LogP contribution in [0.15, 0.2) is 109 Å². The van der Waals surface area contributed by atoms with Gasteiger partial charge in [-0.2, -0.15) is 0 Å². The maximum Gasteiger partial charge on any atom is 0.0715 e. The number of benzene rings is 5. The first-order chi connectivity index (χ1) is 18.6. The van der Waals surface area contributed by atoms with Gasteiger partial charge in [-0.25, -0.2) is 0 Å². The topological polar surface area (TPSA) is 0 Å². The second kappa shape index (κ2) is 9.01. The van der Waals surface area contributed by atoms with Crippen molar-refractivity contribution < 1.29 is 0 Å². The predicted molar refractivity (Wildman–Crippen MR) is 177 cm³/mol. The predicted octanol–water partition coefficient (Wildman–Crippen LogP) is 11.7. The first-order valence-electron chi connectivity index (χ1n) is 12.9. The summed E-state index contributed by atoms with van der Waals surface area (Å²) in [5, 5.41) is 0. The zero-order valence-corrected chi connectivity index (χ0v) is 28.0. The van der Waals surface area contributed by atoms with Crippen LogP contribution >= 0.6 is 63.7 Å². The van der Waals surface area contributed by atoms with Gasteiger partial charge in [0, 0.05) is 23.3 Å². The molecule has 0 aliphatic heterocycles. The molecule has 0 saturated carbocycles. The Kier molecular flexibility index (Phi) is 6.00. The Balaban J connectivity index is 1.72. The van der Waals surface area contributed by atoms with E-state index >= 15 is 0 Å². The molecule has 0 atom stereocenters. The molecule has 0 amide bonds. The molecule has 0 heterocycles. The molecule has 4 heteroatoms. The Morgan fingerprint density at radius 2 is 1.00 bits per heavy atom. The number of aryl methyl sites for hydroxylation is 1. The molecule has 2 aliphatic rings. The minimum Gasteiger partial charge on any atom is -0.0619 e. The van der Waals surface area contributed by atoms with Gasteiger partial charge in [0.15, 0.2) is 0 Å². The van der Waals surface area contributed by atoms with Crippen molar-refractivity contribution in [3.8, 4) is 22.3 Å². The van der Waals surface area contributed by atoms with Gasteiger partial charge in [0.25, 0.3) is 0 Å². The highest BCUT2D eigenvalue weighted by molar-refractivity contribution is 9.11. The van der Waals surface area contributed by atoms with E-state index in [-0.39, 0.29) is 5.41 Å². The van der Waals surface area contributed by atoms with Gasteiger partial charge >= 0.3 is 0 Å². The van der Waals surface area contributed by atoms with Crippen LogP contribution in [0.3, 0.4) is 0 Å². The summed E-state index contributed by atoms with van der Waals surface area (Å²) >= 11 is 15.3. The lowest BCUT2D eigenvalue weighted by Gasteiger charge is -2.35. The molecule has 0 spiro atoms. The molecule has 0 N–H and O–H groups in total. The molecule has 0 fully saturated rings. The van der Waals surface area contributed by atoms with E-state index in [1.807, 2.05) is 0 Å². The summed E-state index contributed by atoms with van der Waals surface area (Å²) in [5.74, 6) is 0. The third kappa shape index (κ3) is 3.64. The third-order valence-corrected chi connectivity index (χ3v) is 10.4. The van der Waals surface area contributed by atoms with Crippen LogP contribution in [0.25, 0.3) is 22.3 Å². The molecule has 0 radical (unpaired) electrons. The Labute approximate surface area is 263 Å². The summed E-state index contributed by atoms with van der Waals surface area (Å²) < 4.78 is 4.20. The quantitative estimate of drug-likeness (QED) is 0.165. The van der Waals surface area contributed by atoms with Crippen LogP contribution in [-0.4, -0.2) is 0 Å². The van der Waals surface area contributed by atoms with E-state index in [0.717, 1.165) is 17.9 Å². The van der Waals surface area contributed by atoms with Gasteiger partial charge in [0.05, 0.1) is 5.41 Å². The van der Waals surface area contributed by atoms with Crippen LogP contribution in [0.2, 0.25) is 0 Å². The lowest BCUT2D eigenvalue weighted by Crippen LogP contribution is -2.29. The van der Waals surface area contributed by atoms with Gasteiger partial charge in [-0.05, 0) is 99.0 Å². The van der Waals surface area contributed by atoms with E-state index < -0.39 is 5.41 Å². The highest BCUT2D eigenvalue weighted by Gasteiger charge is 2.50. The van der Waals surface area contributed by atoms with Crippen molar-refractivity contribution in [2.75, 3.05) is 0 Å². The van der Waals surface area contributed by atoms with Gasteiger partial charge in [-0.1, -0.05) is 138 Å². The van der Waals surface area contributed by atoms with Crippen molar-refractivity contribution in [3.63, 3.8) is 0 Å². The van der Waals surface area contributed by atoms with Crippen molar-refractivity contribution in [3.05, 3.63) is 148 Å². The minimum absolute atomic E-state index is 0.0617. The summed E-state index contributed by atoms with van der Waals surface area (Å²) in [7, 11) is 0. The first-order valence-corrected chi connectivity index (χ1v) is 16.1. The van der Waals surface area contributed by atoms with Crippen LogP contribution in [0.5, 0.6) is 0 Å². The SMILES string of the molecule is Cc1ccc2c(c1)-c1c(ccc3c1-c1ccccc1C3(C)C)C2(c1cc(Br)cc(Br)c1)c1cc(Br)cc(Br)c1. The summed E-state index contributed by atoms with van der Waals surface area (Å²) in [6.45, 7) is 6.92. The van der Waals surface area contributed by atoms with Gasteiger partial charge in [0.1, 0.15) is 0 Å². The second-order valence-electron chi connectivity index (χ2n) is 11.2. The van der Waals surface area contributed by atoms with Crippen molar-refractivity contribution in [1.82, 2.24) is 0 Å². The number of rotatable bonds is 2. The Morgan fingerprint density at radius 1 is 0.487 bits per heavy atom. The van der Waals surface area contributed by atoms with Crippen molar-refractivity contribution in [1.29, 1.82) is 0 Å². The summed E-state index contributed by atoms with van der Waals surface area (Å²) in [6, 6.07) is 34.1. The highest BCUT2D eigenvalue weighted by Crippen LogP contribution is 2.63. The largest absolute Gasteiger partial charge is 0.0715 e. The molecule has 0 bridgehead atoms. The van der Waals surface area contributed by atoms with Crippen molar-refractivity contribution >= 4 is 63.7 Å². The van der Waals surface area contributed by atoms with E-state index in [4.69, 9.17) is 0 Å². The Morgan fingerprint density at radius 3 is 1.62 bits per heavy atom. The monoisotopic (exact) mass is 760 g/mol. The van der Waals surface area contributed by atoms with E-state index in [0.29, 0.717) is 0 Å². The molecular weight excluding hydrogens is 740 g/mol. The third-order valence-electron chi connectivity index (χ3n) is 8.59. The minimum atomic E-state index is -0.506. The molecule has 39 heavy (non-hydrogen) atoms. The standard InChI is InChI=1S/C35H24Br4/c1-19-8-9-29-27(12-19)33-31(11-10-30-32(33)26-6-4-5-7-28(26)34(30,2)3)35(29,20-13-22(36)17-23(37)14-20)21-15-24(38)18-25(39)16-21/h4-18H,1-3H3. The van der Waals surface area contributed by atoms with Crippen LogP contribution in [0.1, 0.15) is 52.8 Å². The summed E-state index contributed by atoms with van der Waals surface area (Å²) in [5.41, 5.74) is 14.0. The highest BCUT2D eigenvalue weighted by atomic mass is 79.9. The first kappa shape index (κ1) is 26.0. The van der Waals surface area contributed by atoms with Gasteiger partial charge < -0.3 is 0 Å². The normalized spacial score (nSPS) is 15.5. The maximum atomic E-state index is 3.81. The molecule has 0 saturated heterocycles. The fraction of sp³-hybridized carbons (Fsp3) is 0.143. The molecule has 5 aromatic carbocycles. The van der Waals surface area contributed by atoms with Crippen LogP contribution < -0.4 is 0 Å². The van der Waals surface area contributed by atoms with E-state index in [9.17, 15) is 0 Å². The smallest absolute Gasteiger partial charge is 0.0619 e. The molecule has 5 aromatic rings. The number of hydrogen-bond donors (Lipinski definition) is 0. The maximum absolute atomic E-state index is 3.81. The van der Waals surface area contributed by atoms with E-state index in [1.54, 1.807) is 0 Å². The molecule has 7 rings (SSSR count). The summed E-state index contributed by atoms with van der Waals surface area (Å²) in [6.07, 6.45) is 0. The Hall–Kier alpha value is -1.98. The average Bonchev–Trinajstić information content (AvgIpc) is 3.29. The van der Waals surface area contributed by atoms with Crippen LogP contribution in [0, 0.1) is 6.92 Å². The van der Waals surface area contributed by atoms with E-state index in [2.05, 4.69) is 175 Å². The zero-order valence-electron chi connectivity index (χ0n) is 21.7. The number of hydrogen-bond acceptors (Lipinski definition) is 0. The van der Waals surface area contributed by atoms with Gasteiger partial charge in [-0.15, -0.1) is 0 Å². The van der Waals surface area contributed by atoms with Gasteiger partial charge in [-0.3, -0.25) is 0 Å². The molecular formula is C35H24Br4. The summed E-state index contributed by atoms with van der Waals surface area (Å²) in [4.78, 5) is 0. The lowest BCUT2D eigenvalue weighted by atomic mass is 9.67. The van der Waals surface area contributed by atoms with E-state index in [1.165, 1.54) is 61.2 Å². The van der Waals surface area contributed by atoms with Crippen molar-refractivity contribution in [2.45, 2.75) is 31.6 Å². The van der Waals surface area contributed by atoms with Crippen molar-refractivity contribution in [2.24, 2.45) is 0 Å². The fourth-order valence-electron chi connectivity index (χ4n) is 7.05. The fourth-order valence-corrected chi connectivity index (χ4v) is 9.64. The second-order valence-corrected chi connectivity index (χ2v) is 14.9. The Bertz CT molecular complexity index is 1750. The average molecular weight is 764 g/mol. The van der Waals surface area contributed by atoms with Gasteiger partial charge in [0.2, 0.25) is 0 Å². The molecule has 0 aromatic heterocycles. The number of fused-ring (bicyclic) bond motifs is 7. The molecule has 0 nitrogen and oxygen atoms in total. The van der Waals surface area contributed by atoms with Crippen LogP contribution in [-0.2, 0) is 10.8 Å². The molecule has 192 valence electrons.